The Morgan fingerprint density at radius 1 is 1.00 bits per heavy atom. The molecule has 0 aromatic carbocycles. The molecule has 296 valence electrons. The zero-order valence-electron chi connectivity index (χ0n) is 32.7. The van der Waals surface area contributed by atoms with Crippen LogP contribution in [-0.2, 0) is 38.0 Å². The number of aliphatic hydroxyl groups excluding tert-OH is 1. The molecule has 1 spiro atoms. The number of carbonyl (C=O) groups is 1. The monoisotopic (exact) mass is 740 g/mol. The van der Waals surface area contributed by atoms with Crippen molar-refractivity contribution in [2.75, 3.05) is 13.7 Å². The largest absolute Gasteiger partial charge is 0.462 e. The Morgan fingerprint density at radius 2 is 1.79 bits per heavy atom. The fourth-order valence-corrected chi connectivity index (χ4v) is 10.4. The highest BCUT2D eigenvalue weighted by molar-refractivity contribution is 5.78. The third kappa shape index (κ3) is 8.18. The molecule has 2 bridgehead atoms. The predicted octanol–water partition coefficient (Wildman–Crippen LogP) is 6.63. The molecule has 14 unspecified atom stereocenters. The summed E-state index contributed by atoms with van der Waals surface area (Å²) in [5, 5.41) is 23.1. The van der Waals surface area contributed by atoms with Crippen molar-refractivity contribution < 1.29 is 48.2 Å². The quantitative estimate of drug-likeness (QED) is 0.240. The summed E-state index contributed by atoms with van der Waals surface area (Å²) in [4.78, 5) is 14.3. The lowest BCUT2D eigenvalue weighted by atomic mass is 9.72. The molecule has 10 nitrogen and oxygen atoms in total. The normalized spacial score (nSPS) is 45.9. The number of allylic oxidation sites excluding steroid dienone is 2. The average molecular weight is 741 g/mol. The van der Waals surface area contributed by atoms with Gasteiger partial charge in [0.25, 0.3) is 0 Å². The van der Waals surface area contributed by atoms with Crippen molar-refractivity contribution in [3.05, 3.63) is 47.1 Å². The zero-order valence-corrected chi connectivity index (χ0v) is 32.7. The van der Waals surface area contributed by atoms with Gasteiger partial charge in [0, 0.05) is 38.7 Å². The van der Waals surface area contributed by atoms with Crippen molar-refractivity contribution in [3.63, 3.8) is 0 Å². The molecule has 2 N–H and O–H groups in total. The minimum Gasteiger partial charge on any atom is -0.462 e. The van der Waals surface area contributed by atoms with Crippen LogP contribution in [0.5, 0.6) is 0 Å². The number of rotatable bonds is 4. The van der Waals surface area contributed by atoms with E-state index in [1.54, 1.807) is 7.11 Å². The topological polar surface area (TPSA) is 122 Å². The van der Waals surface area contributed by atoms with Gasteiger partial charge in [0.05, 0.1) is 43.2 Å². The van der Waals surface area contributed by atoms with Crippen molar-refractivity contribution in [1.29, 1.82) is 0 Å². The first-order valence-electron chi connectivity index (χ1n) is 20.5. The van der Waals surface area contributed by atoms with Gasteiger partial charge < -0.3 is 43.4 Å². The van der Waals surface area contributed by atoms with E-state index in [-0.39, 0.29) is 30.8 Å². The van der Waals surface area contributed by atoms with Crippen LogP contribution in [0.15, 0.2) is 47.1 Å². The first kappa shape index (κ1) is 39.3. The Labute approximate surface area is 316 Å². The second kappa shape index (κ2) is 16.3. The SMILES string of the molecule is COC1CC(OC2C(C)=CCC3CC(CC4(CCC(C)C(C5CCCCC5)O4)O3)OC(=O)C3C=C(C)CC4OCC(=CC=CC2C)C43O)OC(C)C1O. The molecule has 5 fully saturated rings. The van der Waals surface area contributed by atoms with Crippen molar-refractivity contribution in [2.45, 2.75) is 178 Å². The Balaban J connectivity index is 1.22. The fraction of sp³-hybridized carbons (Fsp3) is 0.791. The van der Waals surface area contributed by atoms with E-state index in [1.165, 1.54) is 32.1 Å². The van der Waals surface area contributed by atoms with Gasteiger partial charge in [0.15, 0.2) is 12.1 Å². The Kier molecular flexibility index (Phi) is 12.1. The van der Waals surface area contributed by atoms with Gasteiger partial charge in [-0.3, -0.25) is 4.79 Å². The van der Waals surface area contributed by atoms with Gasteiger partial charge in [0.1, 0.15) is 23.7 Å². The maximum Gasteiger partial charge on any atom is 0.316 e. The smallest absolute Gasteiger partial charge is 0.316 e. The third-order valence-corrected chi connectivity index (χ3v) is 13.5. The third-order valence-electron chi connectivity index (χ3n) is 13.5. The molecule has 5 heterocycles. The highest BCUT2D eigenvalue weighted by atomic mass is 16.7. The van der Waals surface area contributed by atoms with Crippen LogP contribution >= 0.6 is 0 Å². The highest BCUT2D eigenvalue weighted by Gasteiger charge is 2.57. The maximum absolute atomic E-state index is 14.3. The van der Waals surface area contributed by atoms with Crippen LogP contribution in [-0.4, -0.2) is 96.4 Å². The summed E-state index contributed by atoms with van der Waals surface area (Å²) in [5.74, 6) is -1.29. The standard InChI is InChI=1S/C43H64O10/c1-25-19-34-41(45)50-33-21-32(52-42(23-33)18-17-28(4)40(53-42)30-12-8-7-9-13-30)16-15-27(3)39(51-37-22-35(47-6)38(44)29(5)49-37)26(2)11-10-14-31-24-48-36(20-25)43(31,34)46/h10-11,14-15,19,26,28-30,32-40,44,46H,7-9,12-13,16-18,20-24H2,1-6H3. The van der Waals surface area contributed by atoms with E-state index in [2.05, 4.69) is 32.9 Å². The number of hydrogen-bond acceptors (Lipinski definition) is 10. The number of ether oxygens (including phenoxy) is 7. The molecule has 10 heteroatoms. The Hall–Kier alpha value is -1.89. The number of fused-ring (bicyclic) bond motifs is 2. The molecule has 0 radical (unpaired) electrons. The molecule has 14 atom stereocenters. The van der Waals surface area contributed by atoms with Gasteiger partial charge in [0.2, 0.25) is 0 Å². The molecule has 2 aliphatic carbocycles. The lowest BCUT2D eigenvalue weighted by Gasteiger charge is -2.51. The van der Waals surface area contributed by atoms with E-state index in [0.29, 0.717) is 49.5 Å². The molecule has 0 aromatic rings. The first-order valence-corrected chi connectivity index (χ1v) is 20.5. The van der Waals surface area contributed by atoms with Crippen LogP contribution < -0.4 is 0 Å². The molecule has 7 aliphatic rings. The van der Waals surface area contributed by atoms with Gasteiger partial charge in [-0.25, -0.2) is 0 Å². The van der Waals surface area contributed by atoms with Crippen LogP contribution in [0.1, 0.15) is 112 Å². The van der Waals surface area contributed by atoms with E-state index < -0.39 is 60.1 Å². The molecular formula is C43H64O10. The van der Waals surface area contributed by atoms with Crippen LogP contribution in [0.2, 0.25) is 0 Å². The van der Waals surface area contributed by atoms with Crippen molar-refractivity contribution in [1.82, 2.24) is 0 Å². The molecule has 53 heavy (non-hydrogen) atoms. The summed E-state index contributed by atoms with van der Waals surface area (Å²) in [5.41, 5.74) is 1.19. The molecule has 5 aliphatic heterocycles. The number of esters is 1. The van der Waals surface area contributed by atoms with E-state index in [1.807, 2.05) is 32.1 Å². The number of methoxy groups -OCH3 is 1. The lowest BCUT2D eigenvalue weighted by molar-refractivity contribution is -0.342. The first-order chi connectivity index (χ1) is 25.4. The average Bonchev–Trinajstić information content (AvgIpc) is 3.46. The molecule has 0 aromatic heterocycles. The Morgan fingerprint density at radius 3 is 2.57 bits per heavy atom. The predicted molar refractivity (Wildman–Crippen MR) is 199 cm³/mol. The van der Waals surface area contributed by atoms with Crippen molar-refractivity contribution in [2.24, 2.45) is 23.7 Å². The van der Waals surface area contributed by atoms with Gasteiger partial charge in [-0.1, -0.05) is 69.1 Å². The van der Waals surface area contributed by atoms with Crippen LogP contribution in [0, 0.1) is 23.7 Å². The summed E-state index contributed by atoms with van der Waals surface area (Å²) in [6.45, 7) is 10.6. The summed E-state index contributed by atoms with van der Waals surface area (Å²) in [6.07, 6.45) is 16.8. The molecule has 0 amide bonds. The van der Waals surface area contributed by atoms with E-state index in [9.17, 15) is 15.0 Å². The van der Waals surface area contributed by atoms with Crippen molar-refractivity contribution in [3.8, 4) is 0 Å². The lowest BCUT2D eigenvalue weighted by Crippen LogP contribution is -2.56. The highest BCUT2D eigenvalue weighted by Crippen LogP contribution is 2.48. The van der Waals surface area contributed by atoms with E-state index in [0.717, 1.165) is 24.0 Å². The number of aliphatic hydroxyl groups is 2. The summed E-state index contributed by atoms with van der Waals surface area (Å²) >= 11 is 0. The van der Waals surface area contributed by atoms with Gasteiger partial charge in [-0.2, -0.15) is 0 Å². The minimum absolute atomic E-state index is 0.0874. The van der Waals surface area contributed by atoms with Crippen molar-refractivity contribution >= 4 is 5.97 Å². The second-order valence-corrected chi connectivity index (χ2v) is 17.4. The Bertz CT molecular complexity index is 1430. The van der Waals surface area contributed by atoms with Gasteiger partial charge in [-0.15, -0.1) is 0 Å². The fourth-order valence-electron chi connectivity index (χ4n) is 10.4. The van der Waals surface area contributed by atoms with Gasteiger partial charge in [-0.05, 0) is 75.9 Å². The van der Waals surface area contributed by atoms with Crippen LogP contribution in [0.4, 0.5) is 0 Å². The van der Waals surface area contributed by atoms with E-state index >= 15 is 0 Å². The summed E-state index contributed by atoms with van der Waals surface area (Å²) < 4.78 is 45.3. The zero-order chi connectivity index (χ0) is 37.5. The molecule has 1 saturated carbocycles. The number of carbonyl (C=O) groups excluding carboxylic acids is 1. The number of hydrogen-bond donors (Lipinski definition) is 2. The van der Waals surface area contributed by atoms with Crippen LogP contribution in [0.3, 0.4) is 0 Å². The molecule has 4 saturated heterocycles. The summed E-state index contributed by atoms with van der Waals surface area (Å²) in [7, 11) is 1.61. The summed E-state index contributed by atoms with van der Waals surface area (Å²) in [6, 6.07) is 0. The maximum atomic E-state index is 14.3. The van der Waals surface area contributed by atoms with E-state index in [4.69, 9.17) is 33.2 Å². The molecule has 7 rings (SSSR count). The minimum atomic E-state index is -1.51. The molecular weight excluding hydrogens is 676 g/mol. The van der Waals surface area contributed by atoms with Gasteiger partial charge >= 0.3 is 5.97 Å². The second-order valence-electron chi connectivity index (χ2n) is 17.4. The van der Waals surface area contributed by atoms with Crippen LogP contribution in [0.25, 0.3) is 0 Å².